The second-order valence-corrected chi connectivity index (χ2v) is 14.0. The Balaban J connectivity index is 1.54. The van der Waals surface area contributed by atoms with Crippen LogP contribution in [0, 0.1) is 26.7 Å². The second kappa shape index (κ2) is 14.5. The minimum absolute atomic E-state index is 0.0161. The molecule has 51 heavy (non-hydrogen) atoms. The fourth-order valence-corrected chi connectivity index (χ4v) is 6.10. The van der Waals surface area contributed by atoms with Gasteiger partial charge < -0.3 is 19.9 Å². The topological polar surface area (TPSA) is 225 Å². The van der Waals surface area contributed by atoms with Crippen LogP contribution < -0.4 is 20.5 Å². The molecule has 2 amide bonds. The van der Waals surface area contributed by atoms with Crippen molar-refractivity contribution in [1.29, 1.82) is 0 Å². The maximum Gasteiger partial charge on any atom is 0.524 e. The first kappa shape index (κ1) is 32.9. The van der Waals surface area contributed by atoms with Gasteiger partial charge >= 0.3 is 13.8 Å². The van der Waals surface area contributed by atoms with Crippen molar-refractivity contribution >= 4 is 37.2 Å². The Hall–Kier alpha value is -5.25. The van der Waals surface area contributed by atoms with E-state index in [-0.39, 0.29) is 41.0 Å². The van der Waals surface area contributed by atoms with E-state index in [0.717, 1.165) is 4.68 Å². The van der Waals surface area contributed by atoms with Crippen molar-refractivity contribution in [3.8, 4) is 17.0 Å². The largest absolute Gasteiger partial charge is 0.524 e. The van der Waals surface area contributed by atoms with Gasteiger partial charge in [0.25, 0.3) is 5.91 Å². The summed E-state index contributed by atoms with van der Waals surface area (Å²) in [6.07, 6.45) is 4.05. The molecule has 0 bridgehead atoms. The van der Waals surface area contributed by atoms with Crippen molar-refractivity contribution < 1.29 is 42.1 Å². The second-order valence-electron chi connectivity index (χ2n) is 12.9. The van der Waals surface area contributed by atoms with Gasteiger partial charge in [-0.2, -0.15) is 20.1 Å². The van der Waals surface area contributed by atoms with E-state index in [1.165, 1.54) is 23.1 Å². The first-order chi connectivity index (χ1) is 25.1. The number of phosphoric acid groups is 1. The normalized spacial score (nSPS) is 14.7. The number of esters is 1. The van der Waals surface area contributed by atoms with Crippen molar-refractivity contribution in [1.82, 2.24) is 35.1 Å². The Morgan fingerprint density at radius 3 is 2.55 bits per heavy atom. The van der Waals surface area contributed by atoms with Gasteiger partial charge in [0.1, 0.15) is 22.6 Å². The predicted molar refractivity (Wildman–Crippen MR) is 183 cm³/mol. The zero-order valence-electron chi connectivity index (χ0n) is 31.8. The maximum atomic E-state index is 13.4. The summed E-state index contributed by atoms with van der Waals surface area (Å²) >= 11 is 0. The van der Waals surface area contributed by atoms with Crippen LogP contribution in [-0.4, -0.2) is 64.3 Å². The Morgan fingerprint density at radius 1 is 1.16 bits per heavy atom. The van der Waals surface area contributed by atoms with Gasteiger partial charge in [-0.25, -0.2) is 19.2 Å². The minimum Gasteiger partial charge on any atom is -0.442 e. The standard InChI is InChI=1S/C33H40N9O8P/c1-18-12-19(2)28(25(13-18)50-51(46,47)48)33(4,5)15-27(43)49-17-42-26(38-31(44)21-8-9-21)14-23(29(40-42)32(45)34-6)37-30-20(3)22(10-11-35-30)24-16-36-41(7)39-24/h10-14,16,21H,8-9,15,17H2,1-7H3,(H,34,45)(H,38,44)(H2,46,47,48)/i6D3. The lowest BCUT2D eigenvalue weighted by molar-refractivity contribution is -0.149. The lowest BCUT2D eigenvalue weighted by atomic mass is 9.78. The van der Waals surface area contributed by atoms with Crippen LogP contribution in [0.1, 0.15) is 70.0 Å². The average Bonchev–Trinajstić information content (AvgIpc) is 3.79. The summed E-state index contributed by atoms with van der Waals surface area (Å²) in [5.41, 5.74) is 1.85. The SMILES string of the molecule is [2H]C([2H])([2H])NC(=O)c1nn(COC(=O)CC(C)(C)c2c(C)cc(C)cc2OP(=O)(O)O)c(NC(=O)C2CC2)cc1=Nc1nccc(-c2cnn(C)n2)c1C. The number of aromatic nitrogens is 6. The van der Waals surface area contributed by atoms with Crippen molar-refractivity contribution in [2.24, 2.45) is 18.0 Å². The van der Waals surface area contributed by atoms with Gasteiger partial charge in [0.15, 0.2) is 18.2 Å². The Labute approximate surface area is 297 Å². The van der Waals surface area contributed by atoms with Gasteiger partial charge in [-0.15, -0.1) is 0 Å². The number of hydrogen-bond acceptors (Lipinski definition) is 11. The van der Waals surface area contributed by atoms with Gasteiger partial charge in [0.2, 0.25) is 5.91 Å². The van der Waals surface area contributed by atoms with E-state index in [4.69, 9.17) is 13.4 Å². The molecule has 18 heteroatoms. The Morgan fingerprint density at radius 2 is 1.90 bits per heavy atom. The Kier molecular flexibility index (Phi) is 9.39. The van der Waals surface area contributed by atoms with E-state index in [0.29, 0.717) is 46.4 Å². The molecule has 0 atom stereocenters. The molecule has 270 valence electrons. The average molecular weight is 725 g/mol. The fourth-order valence-electron chi connectivity index (χ4n) is 5.70. The van der Waals surface area contributed by atoms with Gasteiger partial charge in [-0.1, -0.05) is 19.9 Å². The molecule has 5 rings (SSSR count). The van der Waals surface area contributed by atoms with Crippen LogP contribution in [-0.2, 0) is 38.1 Å². The van der Waals surface area contributed by atoms with E-state index in [1.807, 2.05) is 5.32 Å². The molecule has 17 nitrogen and oxygen atoms in total. The third kappa shape index (κ3) is 8.92. The summed E-state index contributed by atoms with van der Waals surface area (Å²) in [7, 11) is -3.29. The molecule has 0 radical (unpaired) electrons. The number of nitrogens with zero attached hydrogens (tertiary/aromatic N) is 7. The molecule has 4 N–H and O–H groups in total. The molecule has 1 fully saturated rings. The number of nitrogens with one attached hydrogen (secondary N) is 2. The number of anilines is 1. The maximum absolute atomic E-state index is 13.4. The monoisotopic (exact) mass is 724 g/mol. The van der Waals surface area contributed by atoms with Crippen LogP contribution in [0.5, 0.6) is 5.75 Å². The number of hydrogen-bond donors (Lipinski definition) is 4. The van der Waals surface area contributed by atoms with Crippen LogP contribution in [0.25, 0.3) is 11.3 Å². The number of carbonyl (C=O) groups excluding carboxylic acids is 3. The quantitative estimate of drug-likeness (QED) is 0.122. The highest BCUT2D eigenvalue weighted by atomic mass is 31.2. The minimum atomic E-state index is -4.95. The molecule has 3 aromatic heterocycles. The molecule has 0 aliphatic heterocycles. The van der Waals surface area contributed by atoms with Crippen molar-refractivity contribution in [2.45, 2.75) is 66.0 Å². The van der Waals surface area contributed by atoms with Crippen LogP contribution in [0.4, 0.5) is 11.6 Å². The summed E-state index contributed by atoms with van der Waals surface area (Å²) in [4.78, 5) is 69.2. The van der Waals surface area contributed by atoms with E-state index in [1.54, 1.807) is 60.0 Å². The number of phosphoric ester groups is 1. The molecule has 1 aliphatic carbocycles. The third-order valence-corrected chi connectivity index (χ3v) is 8.53. The predicted octanol–water partition coefficient (Wildman–Crippen LogP) is 3.28. The summed E-state index contributed by atoms with van der Waals surface area (Å²) in [6, 6.07) is 6.26. The van der Waals surface area contributed by atoms with Gasteiger partial charge in [0.05, 0.1) is 12.6 Å². The lowest BCUT2D eigenvalue weighted by Gasteiger charge is -2.29. The molecule has 1 saturated carbocycles. The van der Waals surface area contributed by atoms with Crippen LogP contribution in [0.2, 0.25) is 0 Å². The zero-order valence-corrected chi connectivity index (χ0v) is 29.7. The van der Waals surface area contributed by atoms with E-state index < -0.39 is 44.5 Å². The smallest absolute Gasteiger partial charge is 0.442 e. The first-order valence-corrected chi connectivity index (χ1v) is 17.3. The molecule has 1 aliphatic rings. The number of benzene rings is 1. The number of amides is 2. The van der Waals surface area contributed by atoms with Crippen molar-refractivity contribution in [3.63, 3.8) is 0 Å². The summed E-state index contributed by atoms with van der Waals surface area (Å²) < 4.78 is 46.2. The highest BCUT2D eigenvalue weighted by Gasteiger charge is 2.33. The number of carbonyl (C=O) groups is 3. The molecule has 0 unspecified atom stereocenters. The summed E-state index contributed by atoms with van der Waals surface area (Å²) in [6.45, 7) is 4.98. The third-order valence-electron chi connectivity index (χ3n) is 8.09. The Bertz CT molecular complexity index is 2240. The number of rotatable bonds is 12. The van der Waals surface area contributed by atoms with Gasteiger partial charge in [-0.3, -0.25) is 24.2 Å². The van der Waals surface area contributed by atoms with Gasteiger partial charge in [-0.05, 0) is 56.9 Å². The molecule has 0 spiro atoms. The molecule has 1 aromatic carbocycles. The molecule has 4 aromatic rings. The summed E-state index contributed by atoms with van der Waals surface area (Å²) in [5, 5.41) is 17.2. The summed E-state index contributed by atoms with van der Waals surface area (Å²) in [5.74, 6) is -2.49. The molecule has 0 saturated heterocycles. The highest BCUT2D eigenvalue weighted by Crippen LogP contribution is 2.45. The van der Waals surface area contributed by atoms with E-state index in [2.05, 4.69) is 30.6 Å². The molecular weight excluding hydrogens is 681 g/mol. The number of ether oxygens (including phenoxy) is 1. The van der Waals surface area contributed by atoms with Gasteiger partial charge in [0, 0.05) is 58.4 Å². The lowest BCUT2D eigenvalue weighted by Crippen LogP contribution is -2.32. The number of aryl methyl sites for hydroxylation is 3. The van der Waals surface area contributed by atoms with Crippen molar-refractivity contribution in [2.75, 3.05) is 12.3 Å². The van der Waals surface area contributed by atoms with Crippen LogP contribution in [0.15, 0.2) is 41.7 Å². The van der Waals surface area contributed by atoms with E-state index in [9.17, 15) is 28.7 Å². The van der Waals surface area contributed by atoms with Crippen LogP contribution in [0.3, 0.4) is 0 Å². The highest BCUT2D eigenvalue weighted by molar-refractivity contribution is 7.46. The van der Waals surface area contributed by atoms with E-state index >= 15 is 0 Å². The zero-order chi connectivity index (χ0) is 39.7. The first-order valence-electron chi connectivity index (χ1n) is 17.3. The van der Waals surface area contributed by atoms with Crippen LogP contribution >= 0.6 is 7.82 Å². The number of pyridine rings is 1. The molecular formula is C33H40N9O8P. The fraction of sp³-hybridized carbons (Fsp3) is 0.394. The molecule has 3 heterocycles. The van der Waals surface area contributed by atoms with Crippen molar-refractivity contribution in [3.05, 3.63) is 70.0 Å².